The molecule has 1 aromatic rings. The van der Waals surface area contributed by atoms with Gasteiger partial charge in [-0.2, -0.15) is 0 Å². The van der Waals surface area contributed by atoms with E-state index in [0.717, 1.165) is 30.7 Å². The number of hydrogen-bond acceptors (Lipinski definition) is 1. The van der Waals surface area contributed by atoms with Crippen LogP contribution in [0.15, 0.2) is 18.2 Å². The second-order valence-electron chi connectivity index (χ2n) is 7.77. The van der Waals surface area contributed by atoms with Crippen molar-refractivity contribution < 1.29 is 4.39 Å². The first-order valence-corrected chi connectivity index (χ1v) is 8.28. The zero-order valence-electron chi connectivity index (χ0n) is 13.4. The lowest BCUT2D eigenvalue weighted by Gasteiger charge is -2.44. The number of benzene rings is 1. The molecule has 3 heteroatoms. The number of hydrogen-bond donors (Lipinski definition) is 1. The molecule has 21 heavy (non-hydrogen) atoms. The van der Waals surface area contributed by atoms with Gasteiger partial charge >= 0.3 is 0 Å². The van der Waals surface area contributed by atoms with Crippen LogP contribution in [0.2, 0.25) is 5.02 Å². The molecule has 1 fully saturated rings. The maximum absolute atomic E-state index is 13.3. The highest BCUT2D eigenvalue weighted by Crippen LogP contribution is 2.46. The van der Waals surface area contributed by atoms with Crippen molar-refractivity contribution >= 4 is 11.6 Å². The molecular weight excluding hydrogens is 285 g/mol. The van der Waals surface area contributed by atoms with E-state index in [-0.39, 0.29) is 16.3 Å². The lowest BCUT2D eigenvalue weighted by Crippen LogP contribution is -2.39. The molecule has 1 aromatic carbocycles. The van der Waals surface area contributed by atoms with E-state index in [1.807, 2.05) is 6.07 Å². The predicted molar refractivity (Wildman–Crippen MR) is 88.0 cm³/mol. The summed E-state index contributed by atoms with van der Waals surface area (Å²) < 4.78 is 13.3. The molecule has 1 saturated carbocycles. The molecule has 1 aliphatic carbocycles. The fraction of sp³-hybridized carbons (Fsp3) is 0.667. The first-order chi connectivity index (χ1) is 9.76. The summed E-state index contributed by atoms with van der Waals surface area (Å²) in [6, 6.07) is 5.06. The Bertz CT molecular complexity index is 484. The van der Waals surface area contributed by atoms with Gasteiger partial charge in [-0.25, -0.2) is 4.39 Å². The highest BCUT2D eigenvalue weighted by molar-refractivity contribution is 6.30. The van der Waals surface area contributed by atoms with Crippen LogP contribution in [-0.2, 0) is 6.42 Å². The lowest BCUT2D eigenvalue weighted by molar-refractivity contribution is 0.0926. The number of rotatable bonds is 3. The van der Waals surface area contributed by atoms with Crippen LogP contribution in [0.4, 0.5) is 4.39 Å². The molecule has 0 amide bonds. The lowest BCUT2D eigenvalue weighted by atomic mass is 9.62. The van der Waals surface area contributed by atoms with Gasteiger partial charge in [0, 0.05) is 0 Å². The van der Waals surface area contributed by atoms with Crippen molar-refractivity contribution in [3.63, 3.8) is 0 Å². The minimum Gasteiger partial charge on any atom is -0.330 e. The van der Waals surface area contributed by atoms with E-state index in [4.69, 9.17) is 17.3 Å². The summed E-state index contributed by atoms with van der Waals surface area (Å²) in [5.74, 6) is 0.424. The topological polar surface area (TPSA) is 26.0 Å². The molecule has 118 valence electrons. The summed E-state index contributed by atoms with van der Waals surface area (Å²) in [6.45, 7) is 7.67. The highest BCUT2D eigenvalue weighted by atomic mass is 35.5. The summed E-state index contributed by atoms with van der Waals surface area (Å²) in [7, 11) is 0. The molecule has 0 saturated heterocycles. The van der Waals surface area contributed by atoms with E-state index in [1.54, 1.807) is 6.07 Å². The molecule has 1 nitrogen and oxygen atoms in total. The Hall–Kier alpha value is -0.600. The van der Waals surface area contributed by atoms with Crippen LogP contribution in [0.3, 0.4) is 0 Å². The Morgan fingerprint density at radius 1 is 1.29 bits per heavy atom. The van der Waals surface area contributed by atoms with Gasteiger partial charge in [-0.05, 0) is 73.1 Å². The second-order valence-corrected chi connectivity index (χ2v) is 8.18. The van der Waals surface area contributed by atoms with E-state index in [1.165, 1.54) is 18.9 Å². The summed E-state index contributed by atoms with van der Waals surface area (Å²) in [4.78, 5) is 0. The van der Waals surface area contributed by atoms with Gasteiger partial charge in [0.2, 0.25) is 0 Å². The quantitative estimate of drug-likeness (QED) is 0.815. The molecule has 0 unspecified atom stereocenters. The van der Waals surface area contributed by atoms with Gasteiger partial charge in [0.25, 0.3) is 0 Å². The molecule has 2 rings (SSSR count). The standard InChI is InChI=1S/C18H27ClFN/c1-17(2,3)14-6-8-18(12-21,9-7-14)11-13-4-5-16(20)15(19)10-13/h4-5,10,14H,6-9,11-12,21H2,1-3H3. The Morgan fingerprint density at radius 3 is 2.38 bits per heavy atom. The molecule has 0 atom stereocenters. The average Bonchev–Trinajstić information content (AvgIpc) is 2.42. The van der Waals surface area contributed by atoms with Crippen LogP contribution in [-0.4, -0.2) is 6.54 Å². The first kappa shape index (κ1) is 16.8. The highest BCUT2D eigenvalue weighted by Gasteiger charge is 2.37. The minimum absolute atomic E-state index is 0.156. The van der Waals surface area contributed by atoms with Gasteiger partial charge in [0.05, 0.1) is 5.02 Å². The molecule has 0 aromatic heterocycles. The Morgan fingerprint density at radius 2 is 1.90 bits per heavy atom. The van der Waals surface area contributed by atoms with Crippen LogP contribution < -0.4 is 5.73 Å². The molecule has 0 heterocycles. The SMILES string of the molecule is CC(C)(C)C1CCC(CN)(Cc2ccc(F)c(Cl)c2)CC1. The van der Waals surface area contributed by atoms with Crippen molar-refractivity contribution in [2.75, 3.05) is 6.54 Å². The van der Waals surface area contributed by atoms with Crippen LogP contribution in [0.1, 0.15) is 52.0 Å². The van der Waals surface area contributed by atoms with Crippen LogP contribution in [0.25, 0.3) is 0 Å². The zero-order valence-corrected chi connectivity index (χ0v) is 14.1. The molecule has 0 radical (unpaired) electrons. The van der Waals surface area contributed by atoms with E-state index >= 15 is 0 Å². The normalized spacial score (nSPS) is 26.9. The molecule has 0 spiro atoms. The van der Waals surface area contributed by atoms with Crippen LogP contribution in [0, 0.1) is 22.6 Å². The summed E-state index contributed by atoms with van der Waals surface area (Å²) in [6.07, 6.45) is 5.67. The van der Waals surface area contributed by atoms with E-state index in [2.05, 4.69) is 20.8 Å². The maximum Gasteiger partial charge on any atom is 0.141 e. The zero-order chi connectivity index (χ0) is 15.7. The minimum atomic E-state index is -0.348. The van der Waals surface area contributed by atoms with E-state index < -0.39 is 0 Å². The third-order valence-electron chi connectivity index (χ3n) is 5.27. The van der Waals surface area contributed by atoms with Crippen molar-refractivity contribution in [3.05, 3.63) is 34.6 Å². The van der Waals surface area contributed by atoms with Gasteiger partial charge in [-0.15, -0.1) is 0 Å². The predicted octanol–water partition coefficient (Wildman–Crippen LogP) is 5.20. The Kier molecular flexibility index (Phi) is 4.99. The van der Waals surface area contributed by atoms with Gasteiger partial charge in [0.1, 0.15) is 5.82 Å². The van der Waals surface area contributed by atoms with Crippen molar-refractivity contribution in [2.24, 2.45) is 22.5 Å². The fourth-order valence-electron chi connectivity index (χ4n) is 3.63. The second kappa shape index (κ2) is 6.26. The molecule has 2 N–H and O–H groups in total. The number of nitrogens with two attached hydrogens (primary N) is 1. The summed E-state index contributed by atoms with van der Waals surface area (Å²) >= 11 is 5.90. The van der Waals surface area contributed by atoms with Gasteiger partial charge in [0.15, 0.2) is 0 Å². The van der Waals surface area contributed by atoms with Crippen molar-refractivity contribution in [3.8, 4) is 0 Å². The van der Waals surface area contributed by atoms with Crippen molar-refractivity contribution in [1.29, 1.82) is 0 Å². The molecule has 0 bridgehead atoms. The van der Waals surface area contributed by atoms with Gasteiger partial charge in [-0.3, -0.25) is 0 Å². The fourth-order valence-corrected chi connectivity index (χ4v) is 3.84. The van der Waals surface area contributed by atoms with Crippen molar-refractivity contribution in [1.82, 2.24) is 0 Å². The monoisotopic (exact) mass is 311 g/mol. The smallest absolute Gasteiger partial charge is 0.141 e. The van der Waals surface area contributed by atoms with Crippen LogP contribution >= 0.6 is 11.6 Å². The Labute approximate surface area is 133 Å². The first-order valence-electron chi connectivity index (χ1n) is 7.90. The number of halogens is 2. The van der Waals surface area contributed by atoms with E-state index in [0.29, 0.717) is 12.0 Å². The molecule has 1 aliphatic rings. The largest absolute Gasteiger partial charge is 0.330 e. The maximum atomic E-state index is 13.3. The summed E-state index contributed by atoms with van der Waals surface area (Å²) in [5, 5.41) is 0.211. The summed E-state index contributed by atoms with van der Waals surface area (Å²) in [5.41, 5.74) is 7.73. The molecular formula is C18H27ClFN. The molecule has 0 aliphatic heterocycles. The van der Waals surface area contributed by atoms with Gasteiger partial charge < -0.3 is 5.73 Å². The third-order valence-corrected chi connectivity index (χ3v) is 5.56. The Balaban J connectivity index is 2.08. The van der Waals surface area contributed by atoms with Gasteiger partial charge in [-0.1, -0.05) is 38.4 Å². The third kappa shape index (κ3) is 3.98. The average molecular weight is 312 g/mol. The van der Waals surface area contributed by atoms with Crippen LogP contribution in [0.5, 0.6) is 0 Å². The van der Waals surface area contributed by atoms with Crippen molar-refractivity contribution in [2.45, 2.75) is 52.9 Å². The van der Waals surface area contributed by atoms with E-state index in [9.17, 15) is 4.39 Å².